The van der Waals surface area contributed by atoms with Crippen LogP contribution in [-0.2, 0) is 15.3 Å². The smallest absolute Gasteiger partial charge is 0.328 e. The van der Waals surface area contributed by atoms with Gasteiger partial charge in [-0.25, -0.2) is 4.79 Å². The third kappa shape index (κ3) is 5.85. The number of aliphatic carboxylic acids is 1. The number of hydrogen-bond donors (Lipinski definition) is 3. The van der Waals surface area contributed by atoms with Gasteiger partial charge in [-0.05, 0) is 24.6 Å². The second-order valence-corrected chi connectivity index (χ2v) is 5.41. The number of carbonyl (C=O) groups excluding carboxylic acids is 1. The minimum absolute atomic E-state index is 0.0938. The van der Waals surface area contributed by atoms with Crippen LogP contribution >= 0.6 is 11.8 Å². The van der Waals surface area contributed by atoms with E-state index in [2.05, 4.69) is 5.32 Å². The Kier molecular flexibility index (Phi) is 6.72. The number of carboxylic acid groups (broad SMARTS) is 1. The van der Waals surface area contributed by atoms with Gasteiger partial charge >= 0.3 is 5.97 Å². The van der Waals surface area contributed by atoms with Gasteiger partial charge in [0, 0.05) is 5.75 Å². The molecule has 0 fully saturated rings. The Bertz CT molecular complexity index is 537. The zero-order valence-electron chi connectivity index (χ0n) is 11.4. The lowest BCUT2D eigenvalue weighted by molar-refractivity contribution is -0.144. The number of thioether (sulfide) groups is 1. The fourth-order valence-corrected chi connectivity index (χ4v) is 2.34. The molecule has 0 saturated carbocycles. The van der Waals surface area contributed by atoms with E-state index >= 15 is 0 Å². The zero-order valence-corrected chi connectivity index (χ0v) is 12.3. The number of aliphatic hydroxyl groups excluding tert-OH is 1. The first-order valence-electron chi connectivity index (χ1n) is 6.21. The number of amides is 1. The topological polar surface area (TPSA) is 110 Å². The summed E-state index contributed by atoms with van der Waals surface area (Å²) in [5.74, 6) is -1.04. The van der Waals surface area contributed by atoms with Crippen LogP contribution < -0.4 is 5.32 Å². The lowest BCUT2D eigenvalue weighted by Gasteiger charge is -2.16. The van der Waals surface area contributed by atoms with Crippen molar-refractivity contribution in [3.63, 3.8) is 0 Å². The summed E-state index contributed by atoms with van der Waals surface area (Å²) in [5, 5.41) is 29.0. The molecular formula is C14H16N2O4S. The van der Waals surface area contributed by atoms with Crippen LogP contribution in [0, 0.1) is 11.3 Å². The molecule has 1 rings (SSSR count). The Morgan fingerprint density at radius 2 is 2.00 bits per heavy atom. The van der Waals surface area contributed by atoms with Crippen molar-refractivity contribution in [2.45, 2.75) is 24.8 Å². The van der Waals surface area contributed by atoms with Crippen molar-refractivity contribution in [2.24, 2.45) is 0 Å². The predicted molar refractivity (Wildman–Crippen MR) is 78.6 cm³/mol. The Labute approximate surface area is 126 Å². The Morgan fingerprint density at radius 1 is 1.38 bits per heavy atom. The fourth-order valence-electron chi connectivity index (χ4n) is 1.54. The van der Waals surface area contributed by atoms with E-state index in [0.717, 1.165) is 5.56 Å². The molecule has 6 nitrogen and oxygen atoms in total. The third-order valence-corrected chi connectivity index (χ3v) is 3.65. The van der Waals surface area contributed by atoms with Crippen LogP contribution in [0.15, 0.2) is 24.3 Å². The lowest BCUT2D eigenvalue weighted by atomic mass is 10.2. The molecule has 0 radical (unpaired) electrons. The van der Waals surface area contributed by atoms with Crippen molar-refractivity contribution in [3.8, 4) is 6.07 Å². The van der Waals surface area contributed by atoms with E-state index in [0.29, 0.717) is 11.3 Å². The first-order chi connectivity index (χ1) is 9.93. The van der Waals surface area contributed by atoms with Crippen LogP contribution in [0.5, 0.6) is 0 Å². The molecule has 0 aliphatic carbocycles. The summed E-state index contributed by atoms with van der Waals surface area (Å²) in [6.07, 6.45) is -1.16. The van der Waals surface area contributed by atoms with Gasteiger partial charge in [-0.3, -0.25) is 4.79 Å². The minimum atomic E-state index is -1.30. The number of benzene rings is 1. The van der Waals surface area contributed by atoms with E-state index in [9.17, 15) is 14.7 Å². The monoisotopic (exact) mass is 308 g/mol. The van der Waals surface area contributed by atoms with Crippen LogP contribution in [0.1, 0.15) is 18.1 Å². The van der Waals surface area contributed by atoms with Gasteiger partial charge in [-0.2, -0.15) is 5.26 Å². The minimum Gasteiger partial charge on any atom is -0.480 e. The number of nitrogens with one attached hydrogen (secondary N) is 1. The predicted octanol–water partition coefficient (Wildman–Crippen LogP) is 0.742. The molecule has 2 atom stereocenters. The van der Waals surface area contributed by atoms with E-state index in [1.807, 2.05) is 6.07 Å². The van der Waals surface area contributed by atoms with Gasteiger partial charge in [0.1, 0.15) is 0 Å². The van der Waals surface area contributed by atoms with Gasteiger partial charge in [-0.1, -0.05) is 12.1 Å². The average molecular weight is 308 g/mol. The summed E-state index contributed by atoms with van der Waals surface area (Å²) in [6, 6.07) is 7.73. The molecule has 21 heavy (non-hydrogen) atoms. The SMILES string of the molecule is CC(O)C(NC(=O)CSCc1ccc(C#N)cc1)C(=O)O. The highest BCUT2D eigenvalue weighted by Gasteiger charge is 2.24. The molecule has 0 saturated heterocycles. The molecule has 2 unspecified atom stereocenters. The normalized spacial score (nSPS) is 13.0. The van der Waals surface area contributed by atoms with Crippen molar-refractivity contribution < 1.29 is 19.8 Å². The number of carbonyl (C=O) groups is 2. The van der Waals surface area contributed by atoms with Crippen molar-refractivity contribution in [1.29, 1.82) is 5.26 Å². The van der Waals surface area contributed by atoms with Crippen molar-refractivity contribution in [1.82, 2.24) is 5.32 Å². The molecule has 0 bridgehead atoms. The highest BCUT2D eigenvalue weighted by Crippen LogP contribution is 2.12. The maximum Gasteiger partial charge on any atom is 0.328 e. The molecule has 0 spiro atoms. The maximum atomic E-state index is 11.6. The number of nitriles is 1. The highest BCUT2D eigenvalue weighted by molar-refractivity contribution is 7.99. The van der Waals surface area contributed by atoms with Gasteiger partial charge in [0.25, 0.3) is 0 Å². The maximum absolute atomic E-state index is 11.6. The van der Waals surface area contributed by atoms with Gasteiger partial charge in [0.15, 0.2) is 6.04 Å². The standard InChI is InChI=1S/C14H16N2O4S/c1-9(17)13(14(19)20)16-12(18)8-21-7-11-4-2-10(6-15)3-5-11/h2-5,9,13,17H,7-8H2,1H3,(H,16,18)(H,19,20). The highest BCUT2D eigenvalue weighted by atomic mass is 32.2. The number of aliphatic hydroxyl groups is 1. The average Bonchev–Trinajstić information content (AvgIpc) is 2.45. The Balaban J connectivity index is 2.39. The van der Waals surface area contributed by atoms with E-state index < -0.39 is 24.0 Å². The molecule has 0 aliphatic heterocycles. The Hall–Kier alpha value is -2.04. The van der Waals surface area contributed by atoms with Crippen LogP contribution in [0.4, 0.5) is 0 Å². The quantitative estimate of drug-likeness (QED) is 0.685. The molecule has 3 N–H and O–H groups in total. The molecule has 0 heterocycles. The van der Waals surface area contributed by atoms with Gasteiger partial charge in [-0.15, -0.1) is 11.8 Å². The number of hydrogen-bond acceptors (Lipinski definition) is 5. The number of carboxylic acids is 1. The van der Waals surface area contributed by atoms with Crippen LogP contribution in [-0.4, -0.2) is 40.0 Å². The van der Waals surface area contributed by atoms with Crippen LogP contribution in [0.3, 0.4) is 0 Å². The molecule has 0 aliphatic rings. The van der Waals surface area contributed by atoms with Gasteiger partial charge in [0.2, 0.25) is 5.91 Å². The van der Waals surface area contributed by atoms with Crippen molar-refractivity contribution in [3.05, 3.63) is 35.4 Å². The molecule has 1 amide bonds. The summed E-state index contributed by atoms with van der Waals surface area (Å²) < 4.78 is 0. The summed E-state index contributed by atoms with van der Waals surface area (Å²) >= 11 is 1.32. The van der Waals surface area contributed by atoms with Crippen LogP contribution in [0.25, 0.3) is 0 Å². The molecular weight excluding hydrogens is 292 g/mol. The molecule has 1 aromatic rings. The van der Waals surface area contributed by atoms with Crippen molar-refractivity contribution >= 4 is 23.6 Å². The van der Waals surface area contributed by atoms with Crippen molar-refractivity contribution in [2.75, 3.05) is 5.75 Å². The third-order valence-electron chi connectivity index (χ3n) is 2.65. The van der Waals surface area contributed by atoms with Gasteiger partial charge < -0.3 is 15.5 Å². The second-order valence-electron chi connectivity index (χ2n) is 4.43. The van der Waals surface area contributed by atoms with Gasteiger partial charge in [0.05, 0.1) is 23.5 Å². The van der Waals surface area contributed by atoms with E-state index in [-0.39, 0.29) is 5.75 Å². The summed E-state index contributed by atoms with van der Waals surface area (Å²) in [7, 11) is 0. The van der Waals surface area contributed by atoms with Crippen LogP contribution in [0.2, 0.25) is 0 Å². The summed E-state index contributed by atoms with van der Waals surface area (Å²) in [5.41, 5.74) is 1.54. The Morgan fingerprint density at radius 3 is 2.48 bits per heavy atom. The lowest BCUT2D eigenvalue weighted by Crippen LogP contribution is -2.48. The summed E-state index contributed by atoms with van der Waals surface area (Å²) in [6.45, 7) is 1.31. The largest absolute Gasteiger partial charge is 0.480 e. The molecule has 7 heteroatoms. The molecule has 0 aromatic heterocycles. The second kappa shape index (κ2) is 8.29. The molecule has 1 aromatic carbocycles. The first kappa shape index (κ1) is 17.0. The van der Waals surface area contributed by atoms with E-state index in [1.165, 1.54) is 18.7 Å². The fraction of sp³-hybridized carbons (Fsp3) is 0.357. The first-order valence-corrected chi connectivity index (χ1v) is 7.36. The zero-order chi connectivity index (χ0) is 15.8. The number of rotatable bonds is 7. The molecule has 112 valence electrons. The number of nitrogens with zero attached hydrogens (tertiary/aromatic N) is 1. The summed E-state index contributed by atoms with van der Waals surface area (Å²) in [4.78, 5) is 22.4. The van der Waals surface area contributed by atoms with E-state index in [1.54, 1.807) is 24.3 Å². The van der Waals surface area contributed by atoms with E-state index in [4.69, 9.17) is 10.4 Å².